The molecule has 3 rings (SSSR count). The molecule has 1 aliphatic carbocycles. The van der Waals surface area contributed by atoms with Crippen LogP contribution < -0.4 is 5.32 Å². The number of benzene rings is 1. The zero-order valence-electron chi connectivity index (χ0n) is 12.7. The van der Waals surface area contributed by atoms with Gasteiger partial charge in [0.1, 0.15) is 0 Å². The summed E-state index contributed by atoms with van der Waals surface area (Å²) in [6, 6.07) is 12.4. The van der Waals surface area contributed by atoms with Crippen molar-refractivity contribution in [3.8, 4) is 0 Å². The molecule has 1 N–H and O–H groups in total. The van der Waals surface area contributed by atoms with Gasteiger partial charge >= 0.3 is 0 Å². The second-order valence-corrected chi connectivity index (χ2v) is 6.82. The van der Waals surface area contributed by atoms with Gasteiger partial charge in [-0.2, -0.15) is 0 Å². The average Bonchev–Trinajstić information content (AvgIpc) is 2.88. The van der Waals surface area contributed by atoms with E-state index in [1.54, 1.807) is 0 Å². The third-order valence-corrected chi connectivity index (χ3v) is 5.00. The summed E-state index contributed by atoms with van der Waals surface area (Å²) in [4.78, 5) is 2.60. The third kappa shape index (κ3) is 3.83. The molecule has 0 spiro atoms. The maximum absolute atomic E-state index is 3.91. The highest BCUT2D eigenvalue weighted by atomic mass is 15.1. The molecule has 2 aliphatic rings. The van der Waals surface area contributed by atoms with E-state index in [0.717, 1.165) is 24.5 Å². The van der Waals surface area contributed by atoms with E-state index in [1.807, 2.05) is 0 Å². The van der Waals surface area contributed by atoms with Gasteiger partial charge in [-0.05, 0) is 56.7 Å². The largest absolute Gasteiger partial charge is 0.311 e. The van der Waals surface area contributed by atoms with E-state index < -0.39 is 0 Å². The third-order valence-electron chi connectivity index (χ3n) is 5.00. The molecule has 0 aromatic heterocycles. The minimum absolute atomic E-state index is 0.761. The molecule has 1 saturated heterocycles. The van der Waals surface area contributed by atoms with Crippen molar-refractivity contribution in [3.63, 3.8) is 0 Å². The normalized spacial score (nSPS) is 28.9. The van der Waals surface area contributed by atoms with Crippen LogP contribution in [0.4, 0.5) is 0 Å². The van der Waals surface area contributed by atoms with Crippen LogP contribution in [0.1, 0.15) is 44.6 Å². The SMILES string of the molecule is CC1CCC(NC2CCN(Cc3ccccc3)CC2)C1. The predicted octanol–water partition coefficient (Wildman–Crippen LogP) is 3.43. The van der Waals surface area contributed by atoms with Crippen LogP contribution in [0.5, 0.6) is 0 Å². The molecule has 0 bridgehead atoms. The first-order valence-electron chi connectivity index (χ1n) is 8.32. The number of piperidine rings is 1. The summed E-state index contributed by atoms with van der Waals surface area (Å²) in [5.41, 5.74) is 1.45. The molecule has 2 fully saturated rings. The van der Waals surface area contributed by atoms with Gasteiger partial charge in [0.15, 0.2) is 0 Å². The summed E-state index contributed by atoms with van der Waals surface area (Å²) >= 11 is 0. The zero-order valence-corrected chi connectivity index (χ0v) is 12.7. The van der Waals surface area contributed by atoms with Gasteiger partial charge in [-0.3, -0.25) is 4.90 Å². The van der Waals surface area contributed by atoms with Gasteiger partial charge in [0.25, 0.3) is 0 Å². The van der Waals surface area contributed by atoms with E-state index in [0.29, 0.717) is 0 Å². The highest BCUT2D eigenvalue weighted by molar-refractivity contribution is 5.14. The summed E-state index contributed by atoms with van der Waals surface area (Å²) in [6.45, 7) is 6.00. The Bertz CT molecular complexity index is 395. The van der Waals surface area contributed by atoms with Crippen molar-refractivity contribution in [1.82, 2.24) is 10.2 Å². The molecule has 1 aromatic rings. The van der Waals surface area contributed by atoms with Gasteiger partial charge in [-0.1, -0.05) is 37.3 Å². The number of likely N-dealkylation sites (tertiary alicyclic amines) is 1. The fourth-order valence-electron chi connectivity index (χ4n) is 3.79. The van der Waals surface area contributed by atoms with Crippen molar-refractivity contribution in [3.05, 3.63) is 35.9 Å². The standard InChI is InChI=1S/C18H28N2/c1-15-7-8-18(13-15)19-17-9-11-20(12-10-17)14-16-5-3-2-4-6-16/h2-6,15,17-19H,7-14H2,1H3. The van der Waals surface area contributed by atoms with E-state index in [1.165, 1.54) is 50.8 Å². The molecule has 1 aromatic carbocycles. The number of nitrogens with one attached hydrogen (secondary N) is 1. The molecular formula is C18H28N2. The Labute approximate surface area is 123 Å². The van der Waals surface area contributed by atoms with E-state index in [9.17, 15) is 0 Å². The van der Waals surface area contributed by atoms with Crippen molar-refractivity contribution in [2.24, 2.45) is 5.92 Å². The molecule has 2 heteroatoms. The molecule has 1 saturated carbocycles. The fourth-order valence-corrected chi connectivity index (χ4v) is 3.79. The summed E-state index contributed by atoms with van der Waals surface area (Å²) in [5.74, 6) is 0.936. The summed E-state index contributed by atoms with van der Waals surface area (Å²) < 4.78 is 0. The smallest absolute Gasteiger partial charge is 0.0233 e. The average molecular weight is 272 g/mol. The Kier molecular flexibility index (Phi) is 4.74. The Morgan fingerprint density at radius 2 is 1.75 bits per heavy atom. The first-order chi connectivity index (χ1) is 9.79. The number of hydrogen-bond donors (Lipinski definition) is 1. The van der Waals surface area contributed by atoms with Gasteiger partial charge in [-0.25, -0.2) is 0 Å². The zero-order chi connectivity index (χ0) is 13.8. The van der Waals surface area contributed by atoms with Crippen molar-refractivity contribution >= 4 is 0 Å². The van der Waals surface area contributed by atoms with E-state index >= 15 is 0 Å². The topological polar surface area (TPSA) is 15.3 Å². The summed E-state index contributed by atoms with van der Waals surface area (Å²) in [7, 11) is 0. The first-order valence-corrected chi connectivity index (χ1v) is 8.32. The van der Waals surface area contributed by atoms with Crippen LogP contribution in [0, 0.1) is 5.92 Å². The van der Waals surface area contributed by atoms with Crippen molar-refractivity contribution < 1.29 is 0 Å². The molecule has 0 radical (unpaired) electrons. The second-order valence-electron chi connectivity index (χ2n) is 6.82. The van der Waals surface area contributed by atoms with Crippen LogP contribution >= 0.6 is 0 Å². The van der Waals surface area contributed by atoms with Gasteiger partial charge < -0.3 is 5.32 Å². The minimum Gasteiger partial charge on any atom is -0.311 e. The molecule has 0 amide bonds. The Morgan fingerprint density at radius 1 is 1.00 bits per heavy atom. The molecule has 2 atom stereocenters. The van der Waals surface area contributed by atoms with E-state index in [2.05, 4.69) is 47.5 Å². The maximum Gasteiger partial charge on any atom is 0.0233 e. The lowest BCUT2D eigenvalue weighted by atomic mass is 10.0. The molecule has 1 heterocycles. The quantitative estimate of drug-likeness (QED) is 0.903. The van der Waals surface area contributed by atoms with E-state index in [-0.39, 0.29) is 0 Å². The molecule has 2 nitrogen and oxygen atoms in total. The number of nitrogens with zero attached hydrogens (tertiary/aromatic N) is 1. The molecule has 110 valence electrons. The Balaban J connectivity index is 1.41. The number of hydrogen-bond acceptors (Lipinski definition) is 2. The van der Waals surface area contributed by atoms with E-state index in [4.69, 9.17) is 0 Å². The Morgan fingerprint density at radius 3 is 2.40 bits per heavy atom. The monoisotopic (exact) mass is 272 g/mol. The molecular weight excluding hydrogens is 244 g/mol. The lowest BCUT2D eigenvalue weighted by Gasteiger charge is -2.34. The van der Waals surface area contributed by atoms with Crippen LogP contribution in [0.15, 0.2) is 30.3 Å². The van der Waals surface area contributed by atoms with Crippen LogP contribution in [0.25, 0.3) is 0 Å². The van der Waals surface area contributed by atoms with Crippen molar-refractivity contribution in [1.29, 1.82) is 0 Å². The fraction of sp³-hybridized carbons (Fsp3) is 0.667. The van der Waals surface area contributed by atoms with Crippen LogP contribution in [0.3, 0.4) is 0 Å². The lowest BCUT2D eigenvalue weighted by molar-refractivity contribution is 0.183. The molecule has 1 aliphatic heterocycles. The molecule has 20 heavy (non-hydrogen) atoms. The highest BCUT2D eigenvalue weighted by Crippen LogP contribution is 2.26. The van der Waals surface area contributed by atoms with Gasteiger partial charge in [0, 0.05) is 18.6 Å². The van der Waals surface area contributed by atoms with Crippen molar-refractivity contribution in [2.45, 2.75) is 57.7 Å². The Hall–Kier alpha value is -0.860. The lowest BCUT2D eigenvalue weighted by Crippen LogP contribution is -2.45. The van der Waals surface area contributed by atoms with Crippen LogP contribution in [-0.2, 0) is 6.54 Å². The first kappa shape index (κ1) is 14.1. The predicted molar refractivity (Wildman–Crippen MR) is 84.7 cm³/mol. The molecule has 2 unspecified atom stereocenters. The van der Waals surface area contributed by atoms with Gasteiger partial charge in [0.05, 0.1) is 0 Å². The summed E-state index contributed by atoms with van der Waals surface area (Å²) in [5, 5.41) is 3.91. The minimum atomic E-state index is 0.761. The van der Waals surface area contributed by atoms with Crippen molar-refractivity contribution in [2.75, 3.05) is 13.1 Å². The summed E-state index contributed by atoms with van der Waals surface area (Å²) in [6.07, 6.45) is 6.84. The van der Waals surface area contributed by atoms with Gasteiger partial charge in [0.2, 0.25) is 0 Å². The maximum atomic E-state index is 3.91. The second kappa shape index (κ2) is 6.73. The van der Waals surface area contributed by atoms with Gasteiger partial charge in [-0.15, -0.1) is 0 Å². The van der Waals surface area contributed by atoms with Crippen LogP contribution in [-0.4, -0.2) is 30.1 Å². The number of rotatable bonds is 4. The van der Waals surface area contributed by atoms with Crippen LogP contribution in [0.2, 0.25) is 0 Å². The highest BCUT2D eigenvalue weighted by Gasteiger charge is 2.25.